The molecule has 8 heteroatoms. The predicted octanol–water partition coefficient (Wildman–Crippen LogP) is 0.684. The number of aliphatic hydroxyl groups is 1. The number of rotatable bonds is 5. The molecule has 0 radical (unpaired) electrons. The van der Waals surface area contributed by atoms with Crippen molar-refractivity contribution in [2.45, 2.75) is 12.1 Å². The molecule has 1 aromatic carbocycles. The van der Waals surface area contributed by atoms with E-state index in [1.165, 1.54) is 0 Å². The van der Waals surface area contributed by atoms with Crippen molar-refractivity contribution in [2.75, 3.05) is 20.3 Å². The summed E-state index contributed by atoms with van der Waals surface area (Å²) in [7, 11) is 1.57. The van der Waals surface area contributed by atoms with Gasteiger partial charge >= 0.3 is 12.0 Å². The number of methoxy groups -OCH3 is 1. The molecule has 0 spiro atoms. The maximum Gasteiger partial charge on any atom is 0.316 e. The van der Waals surface area contributed by atoms with Gasteiger partial charge in [-0.1, -0.05) is 30.3 Å². The highest BCUT2D eigenvalue weighted by molar-refractivity contribution is 6.48. The summed E-state index contributed by atoms with van der Waals surface area (Å²) in [5.41, 5.74) is 6.13. The molecule has 0 amide bonds. The molecule has 0 bridgehead atoms. The van der Waals surface area contributed by atoms with Crippen LogP contribution in [-0.2, 0) is 15.9 Å². The number of hydrogen-bond donors (Lipinski definition) is 2. The minimum absolute atomic E-state index is 0.105. The van der Waals surface area contributed by atoms with Gasteiger partial charge in [-0.15, -0.1) is 0 Å². The van der Waals surface area contributed by atoms with Crippen molar-refractivity contribution >= 4 is 23.6 Å². The van der Waals surface area contributed by atoms with Gasteiger partial charge in [0.1, 0.15) is 12.3 Å². The second-order valence-electron chi connectivity index (χ2n) is 5.08. The number of benzene rings is 1. The third-order valence-corrected chi connectivity index (χ3v) is 3.43. The van der Waals surface area contributed by atoms with E-state index in [9.17, 15) is 5.11 Å². The van der Waals surface area contributed by atoms with E-state index < -0.39 is 5.66 Å². The smallest absolute Gasteiger partial charge is 0.316 e. The van der Waals surface area contributed by atoms with Crippen LogP contribution in [0.4, 0.5) is 0 Å². The number of nitrogens with zero attached hydrogens (tertiary/aromatic N) is 4. The van der Waals surface area contributed by atoms with Crippen molar-refractivity contribution in [3.8, 4) is 0 Å². The van der Waals surface area contributed by atoms with E-state index in [-0.39, 0.29) is 24.5 Å². The maximum atomic E-state index is 9.74. The Morgan fingerprint density at radius 3 is 2.65 bits per heavy atom. The zero-order valence-electron chi connectivity index (χ0n) is 12.6. The predicted molar refractivity (Wildman–Crippen MR) is 87.3 cm³/mol. The van der Waals surface area contributed by atoms with Gasteiger partial charge in [0, 0.05) is 13.5 Å². The standard InChI is InChI=1S/C15H17N5O3/c1-22-7-8-23-14-18-12(16)11-15(20-14,19-13(21)17-11)9-10-5-3-2-4-6-10/h2-6H,7-9H2,1H3,(H,19,21)(H2,16,18,20). The monoisotopic (exact) mass is 315 g/mol. The summed E-state index contributed by atoms with van der Waals surface area (Å²) >= 11 is 0. The maximum absolute atomic E-state index is 9.74. The minimum atomic E-state index is -1.14. The fourth-order valence-corrected chi connectivity index (χ4v) is 2.44. The van der Waals surface area contributed by atoms with Crippen molar-refractivity contribution in [2.24, 2.45) is 25.7 Å². The number of amidine groups is 3. The van der Waals surface area contributed by atoms with E-state index in [1.54, 1.807) is 7.11 Å². The van der Waals surface area contributed by atoms with Crippen LogP contribution >= 0.6 is 0 Å². The third-order valence-electron chi connectivity index (χ3n) is 3.43. The largest absolute Gasteiger partial charge is 0.479 e. The first-order chi connectivity index (χ1) is 11.1. The molecule has 23 heavy (non-hydrogen) atoms. The fraction of sp³-hybridized carbons (Fsp3) is 0.333. The fourth-order valence-electron chi connectivity index (χ4n) is 2.44. The number of hydrogen-bond acceptors (Lipinski definition) is 7. The van der Waals surface area contributed by atoms with Gasteiger partial charge in [-0.2, -0.15) is 20.0 Å². The van der Waals surface area contributed by atoms with Gasteiger partial charge in [-0.05, 0) is 5.56 Å². The quantitative estimate of drug-likeness (QED) is 0.778. The number of fused-ring (bicyclic) bond motifs is 1. The normalized spacial score (nSPS) is 22.7. The molecule has 1 aromatic rings. The summed E-state index contributed by atoms with van der Waals surface area (Å²) in [6, 6.07) is 9.39. The molecule has 0 saturated heterocycles. The summed E-state index contributed by atoms with van der Waals surface area (Å²) in [6.45, 7) is 0.686. The van der Waals surface area contributed by atoms with Gasteiger partial charge in [0.05, 0.1) is 6.61 Å². The number of aliphatic hydroxyl groups excluding tert-OH is 1. The average molecular weight is 315 g/mol. The van der Waals surface area contributed by atoms with Crippen LogP contribution in [0.3, 0.4) is 0 Å². The molecule has 3 rings (SSSR count). The van der Waals surface area contributed by atoms with E-state index in [4.69, 9.17) is 15.2 Å². The van der Waals surface area contributed by atoms with E-state index in [0.717, 1.165) is 5.56 Å². The number of aliphatic imine (C=N–C) groups is 4. The van der Waals surface area contributed by atoms with Crippen LogP contribution in [0, 0.1) is 0 Å². The van der Waals surface area contributed by atoms with Crippen molar-refractivity contribution in [1.29, 1.82) is 0 Å². The van der Waals surface area contributed by atoms with Crippen molar-refractivity contribution < 1.29 is 14.6 Å². The minimum Gasteiger partial charge on any atom is -0.479 e. The van der Waals surface area contributed by atoms with Crippen LogP contribution in [0.5, 0.6) is 0 Å². The second kappa shape index (κ2) is 6.17. The van der Waals surface area contributed by atoms with Crippen molar-refractivity contribution in [1.82, 2.24) is 0 Å². The molecule has 120 valence electrons. The Morgan fingerprint density at radius 1 is 1.13 bits per heavy atom. The molecular formula is C15H17N5O3. The first-order valence-corrected chi connectivity index (χ1v) is 7.11. The van der Waals surface area contributed by atoms with Crippen LogP contribution in [-0.4, -0.2) is 54.7 Å². The molecule has 0 aromatic heterocycles. The molecule has 2 heterocycles. The van der Waals surface area contributed by atoms with Crippen LogP contribution < -0.4 is 5.73 Å². The highest BCUT2D eigenvalue weighted by atomic mass is 16.5. The zero-order valence-corrected chi connectivity index (χ0v) is 12.6. The molecule has 1 unspecified atom stereocenters. The highest BCUT2D eigenvalue weighted by Gasteiger charge is 2.45. The van der Waals surface area contributed by atoms with E-state index >= 15 is 0 Å². The molecule has 0 aliphatic carbocycles. The summed E-state index contributed by atoms with van der Waals surface area (Å²) in [5, 5.41) is 9.74. The van der Waals surface area contributed by atoms with Gasteiger partial charge in [-0.3, -0.25) is 0 Å². The average Bonchev–Trinajstić information content (AvgIpc) is 2.85. The van der Waals surface area contributed by atoms with E-state index in [1.807, 2.05) is 30.3 Å². The number of ether oxygens (including phenoxy) is 2. The third kappa shape index (κ3) is 3.07. The van der Waals surface area contributed by atoms with E-state index in [0.29, 0.717) is 18.7 Å². The molecule has 2 aliphatic heterocycles. The Labute approximate surface area is 133 Å². The second-order valence-corrected chi connectivity index (χ2v) is 5.08. The SMILES string of the molecule is COCCOC1=NC2(Cc3ccccc3)N=C(O)N=C2C(N)=N1. The van der Waals surface area contributed by atoms with Gasteiger partial charge in [0.15, 0.2) is 5.84 Å². The first kappa shape index (κ1) is 15.2. The molecule has 3 N–H and O–H groups in total. The van der Waals surface area contributed by atoms with Gasteiger partial charge in [-0.25, -0.2) is 0 Å². The molecule has 2 aliphatic rings. The highest BCUT2D eigenvalue weighted by Crippen LogP contribution is 2.29. The number of nitrogens with two attached hydrogens (primary N) is 1. The topological polar surface area (TPSA) is 114 Å². The van der Waals surface area contributed by atoms with Crippen LogP contribution in [0.2, 0.25) is 0 Å². The van der Waals surface area contributed by atoms with Crippen molar-refractivity contribution in [3.63, 3.8) is 0 Å². The van der Waals surface area contributed by atoms with Crippen LogP contribution in [0.15, 0.2) is 50.3 Å². The van der Waals surface area contributed by atoms with Crippen LogP contribution in [0.1, 0.15) is 5.56 Å². The lowest BCUT2D eigenvalue weighted by molar-refractivity contribution is 0.139. The van der Waals surface area contributed by atoms with Gasteiger partial charge in [0.2, 0.25) is 5.66 Å². The lowest BCUT2D eigenvalue weighted by Gasteiger charge is -2.26. The first-order valence-electron chi connectivity index (χ1n) is 7.11. The Morgan fingerprint density at radius 2 is 1.91 bits per heavy atom. The molecular weight excluding hydrogens is 298 g/mol. The lowest BCUT2D eigenvalue weighted by Crippen LogP contribution is -2.47. The zero-order chi connectivity index (χ0) is 16.3. The Bertz CT molecular complexity index is 711. The molecule has 0 fully saturated rings. The summed E-state index contributed by atoms with van der Waals surface area (Å²) in [4.78, 5) is 16.7. The summed E-state index contributed by atoms with van der Waals surface area (Å²) in [6.07, 6.45) is 0.393. The summed E-state index contributed by atoms with van der Waals surface area (Å²) in [5.74, 6) is 0.135. The molecule has 8 nitrogen and oxygen atoms in total. The van der Waals surface area contributed by atoms with E-state index in [2.05, 4.69) is 20.0 Å². The van der Waals surface area contributed by atoms with Crippen LogP contribution in [0.25, 0.3) is 0 Å². The van der Waals surface area contributed by atoms with Gasteiger partial charge in [0.25, 0.3) is 0 Å². The Balaban J connectivity index is 1.93. The Hall–Kier alpha value is -2.74. The lowest BCUT2D eigenvalue weighted by atomic mass is 9.94. The van der Waals surface area contributed by atoms with Crippen molar-refractivity contribution in [3.05, 3.63) is 35.9 Å². The Kier molecular flexibility index (Phi) is 4.07. The van der Waals surface area contributed by atoms with Gasteiger partial charge < -0.3 is 20.3 Å². The summed E-state index contributed by atoms with van der Waals surface area (Å²) < 4.78 is 10.4. The molecule has 0 saturated carbocycles. The molecule has 1 atom stereocenters.